The van der Waals surface area contributed by atoms with Crippen LogP contribution in [-0.4, -0.2) is 47.7 Å². The van der Waals surface area contributed by atoms with E-state index in [0.29, 0.717) is 25.1 Å². The van der Waals surface area contributed by atoms with Crippen LogP contribution >= 0.6 is 0 Å². The van der Waals surface area contributed by atoms with Crippen molar-refractivity contribution in [2.45, 2.75) is 156 Å². The van der Waals surface area contributed by atoms with Crippen molar-refractivity contribution >= 4 is 17.4 Å². The average molecular weight is 612 g/mol. The maximum Gasteiger partial charge on any atom is 0.394 e. The normalized spacial score (nSPS) is 15.5. The third kappa shape index (κ3) is 11.1. The molecule has 1 amide bonds. The van der Waals surface area contributed by atoms with Crippen molar-refractivity contribution in [3.63, 3.8) is 0 Å². The Kier molecular flexibility index (Phi) is 17.5. The smallest absolute Gasteiger partial charge is 0.394 e. The number of carbonyl (C=O) groups excluding carboxylic acids is 1. The summed E-state index contributed by atoms with van der Waals surface area (Å²) in [6, 6.07) is 5.94. The molecule has 0 aliphatic carbocycles. The fourth-order valence-electron chi connectivity index (χ4n) is 6.65. The fraction of sp³-hybridized carbons (Fsp3) is 0.684. The van der Waals surface area contributed by atoms with Gasteiger partial charge in [-0.2, -0.15) is 0 Å². The lowest BCUT2D eigenvalue weighted by Crippen LogP contribution is -2.45. The topological polar surface area (TPSA) is 76.1 Å². The van der Waals surface area contributed by atoms with Gasteiger partial charge < -0.3 is 14.6 Å². The molecule has 0 fully saturated rings. The maximum absolute atomic E-state index is 12.9. The van der Waals surface area contributed by atoms with E-state index in [1.165, 1.54) is 87.5 Å². The molecule has 0 radical (unpaired) electrons. The predicted molar refractivity (Wildman–Crippen MR) is 182 cm³/mol. The Morgan fingerprint density at radius 3 is 1.95 bits per heavy atom. The van der Waals surface area contributed by atoms with Crippen LogP contribution in [0.25, 0.3) is 5.57 Å². The number of nitrogens with zero attached hydrogens (tertiary/aromatic N) is 1. The zero-order chi connectivity index (χ0) is 32.5. The number of hydrogen-bond donors (Lipinski definition) is 1. The van der Waals surface area contributed by atoms with Crippen LogP contribution in [0.5, 0.6) is 5.75 Å². The summed E-state index contributed by atoms with van der Waals surface area (Å²) in [7, 11) is 1.67. The molecule has 6 nitrogen and oxygen atoms in total. The highest BCUT2D eigenvalue weighted by Crippen LogP contribution is 2.45. The first-order valence-corrected chi connectivity index (χ1v) is 17.5. The monoisotopic (exact) mass is 611 g/mol. The van der Waals surface area contributed by atoms with Gasteiger partial charge in [-0.25, -0.2) is 4.79 Å². The number of carboxylic acid groups (broad SMARTS) is 1. The molecule has 0 bridgehead atoms. The number of unbranched alkanes of at least 4 members (excludes halogenated alkanes) is 12. The van der Waals surface area contributed by atoms with Gasteiger partial charge in [-0.05, 0) is 81.7 Å². The highest BCUT2D eigenvalue weighted by Gasteiger charge is 2.37. The molecule has 1 heterocycles. The molecule has 1 N–H and O–H groups in total. The van der Waals surface area contributed by atoms with Crippen molar-refractivity contribution in [2.24, 2.45) is 0 Å². The van der Waals surface area contributed by atoms with Crippen molar-refractivity contribution in [3.05, 3.63) is 46.2 Å². The molecule has 1 aromatic rings. The lowest BCUT2D eigenvalue weighted by molar-refractivity contribution is -0.155. The first-order chi connectivity index (χ1) is 21.2. The van der Waals surface area contributed by atoms with Crippen LogP contribution in [0.2, 0.25) is 0 Å². The van der Waals surface area contributed by atoms with Crippen molar-refractivity contribution < 1.29 is 24.2 Å². The number of carboxylic acids is 1. The summed E-state index contributed by atoms with van der Waals surface area (Å²) in [5, 5.41) is 9.64. The number of hydrogen-bond acceptors (Lipinski definition) is 4. The summed E-state index contributed by atoms with van der Waals surface area (Å²) >= 11 is 0. The van der Waals surface area contributed by atoms with E-state index in [-0.39, 0.29) is 6.10 Å². The van der Waals surface area contributed by atoms with Crippen molar-refractivity contribution in [3.8, 4) is 5.75 Å². The molecule has 1 aliphatic rings. The van der Waals surface area contributed by atoms with Gasteiger partial charge in [0.05, 0.1) is 18.8 Å². The number of aryl methyl sites for hydroxylation is 1. The molecule has 44 heavy (non-hydrogen) atoms. The minimum Gasteiger partial charge on any atom is -0.490 e. The Labute approximate surface area is 268 Å². The second-order valence-electron chi connectivity index (χ2n) is 12.7. The van der Waals surface area contributed by atoms with Crippen molar-refractivity contribution in [1.82, 2.24) is 4.90 Å². The molecule has 0 saturated carbocycles. The molecule has 1 aliphatic heterocycles. The van der Waals surface area contributed by atoms with Crippen molar-refractivity contribution in [2.75, 3.05) is 13.7 Å². The predicted octanol–water partition coefficient (Wildman–Crippen LogP) is 9.90. The van der Waals surface area contributed by atoms with E-state index in [4.69, 9.17) is 9.47 Å². The standard InChI is InChI=1S/C38H61NO5/c1-8-10-11-12-13-14-15-16-17-18-19-20-21-23-31-24-22-25-34(44-28(3)4)35(31)36-32(9-2)29(5)39(37(40)38(41)42)30(6)33(36)26-27-43-7/h22,24-25,28,30H,8-21,23,26-27H2,1-7H3,(H,41,42). The third-order valence-electron chi connectivity index (χ3n) is 8.92. The van der Waals surface area contributed by atoms with Gasteiger partial charge in [-0.1, -0.05) is 103 Å². The van der Waals surface area contributed by atoms with E-state index in [1.807, 2.05) is 33.8 Å². The van der Waals surface area contributed by atoms with Gasteiger partial charge in [0.1, 0.15) is 5.75 Å². The zero-order valence-electron chi connectivity index (χ0n) is 28.9. The molecule has 0 spiro atoms. The Morgan fingerprint density at radius 1 is 0.886 bits per heavy atom. The summed E-state index contributed by atoms with van der Waals surface area (Å²) < 4.78 is 11.9. The molecule has 0 aromatic heterocycles. The van der Waals surface area contributed by atoms with Crippen LogP contribution < -0.4 is 4.74 Å². The van der Waals surface area contributed by atoms with Gasteiger partial charge in [0.15, 0.2) is 0 Å². The van der Waals surface area contributed by atoms with Crippen LogP contribution in [0, 0.1) is 0 Å². The number of methoxy groups -OCH3 is 1. The lowest BCUT2D eigenvalue weighted by Gasteiger charge is -2.39. The van der Waals surface area contributed by atoms with Crippen LogP contribution in [0.1, 0.15) is 149 Å². The molecule has 1 unspecified atom stereocenters. The average Bonchev–Trinajstić information content (AvgIpc) is 2.98. The van der Waals surface area contributed by atoms with Gasteiger partial charge in [-0.15, -0.1) is 0 Å². The third-order valence-corrected chi connectivity index (χ3v) is 8.92. The van der Waals surface area contributed by atoms with Gasteiger partial charge in [-0.3, -0.25) is 9.69 Å². The molecule has 0 saturated heterocycles. The van der Waals surface area contributed by atoms with Gasteiger partial charge in [0.2, 0.25) is 0 Å². The van der Waals surface area contributed by atoms with Crippen molar-refractivity contribution in [1.29, 1.82) is 0 Å². The second-order valence-corrected chi connectivity index (χ2v) is 12.7. The quantitative estimate of drug-likeness (QED) is 0.111. The number of carbonyl (C=O) groups is 2. The summed E-state index contributed by atoms with van der Waals surface area (Å²) in [4.78, 5) is 26.2. The van der Waals surface area contributed by atoms with Gasteiger partial charge in [0, 0.05) is 18.4 Å². The summed E-state index contributed by atoms with van der Waals surface area (Å²) in [6.45, 7) is 12.7. The number of rotatable bonds is 21. The molecule has 6 heteroatoms. The molecule has 1 aromatic carbocycles. The number of amides is 1. The zero-order valence-corrected chi connectivity index (χ0v) is 28.9. The Bertz CT molecular complexity index is 1100. The largest absolute Gasteiger partial charge is 0.490 e. The van der Waals surface area contributed by atoms with Crippen LogP contribution in [0.4, 0.5) is 0 Å². The second kappa shape index (κ2) is 20.4. The van der Waals surface area contributed by atoms with Gasteiger partial charge >= 0.3 is 11.9 Å². The highest BCUT2D eigenvalue weighted by molar-refractivity contribution is 6.32. The molecular weight excluding hydrogens is 550 g/mol. The molecule has 1 atom stereocenters. The Balaban J connectivity index is 2.26. The van der Waals surface area contributed by atoms with E-state index in [2.05, 4.69) is 26.0 Å². The van der Waals surface area contributed by atoms with Crippen LogP contribution in [0.15, 0.2) is 35.0 Å². The van der Waals surface area contributed by atoms with E-state index >= 15 is 0 Å². The summed E-state index contributed by atoms with van der Waals surface area (Å²) in [6.07, 6.45) is 19.4. The van der Waals surface area contributed by atoms with Gasteiger partial charge in [0.25, 0.3) is 0 Å². The molecular formula is C38H61NO5. The highest BCUT2D eigenvalue weighted by atomic mass is 16.5. The number of benzene rings is 1. The van der Waals surface area contributed by atoms with E-state index in [1.54, 1.807) is 7.11 Å². The summed E-state index contributed by atoms with van der Waals surface area (Å²) in [5.74, 6) is -1.48. The fourth-order valence-corrected chi connectivity index (χ4v) is 6.65. The lowest BCUT2D eigenvalue weighted by atomic mass is 9.79. The Morgan fingerprint density at radius 2 is 1.45 bits per heavy atom. The summed E-state index contributed by atoms with van der Waals surface area (Å²) in [5.41, 5.74) is 6.17. The Hall–Kier alpha value is -2.60. The number of allylic oxidation sites excluding steroid dienone is 3. The van der Waals surface area contributed by atoms with Crippen LogP contribution in [-0.2, 0) is 20.7 Å². The molecule has 248 valence electrons. The maximum atomic E-state index is 12.9. The number of ether oxygens (including phenoxy) is 2. The first kappa shape index (κ1) is 37.6. The number of aliphatic carboxylic acids is 1. The van der Waals surface area contributed by atoms with Crippen LogP contribution in [0.3, 0.4) is 0 Å². The van der Waals surface area contributed by atoms with E-state index in [9.17, 15) is 14.7 Å². The first-order valence-electron chi connectivity index (χ1n) is 17.5. The molecule has 2 rings (SSSR count). The SMILES string of the molecule is CCCCCCCCCCCCCCCc1cccc(OC(C)C)c1C1=C(CCOC)C(C)N(C(=O)C(=O)O)C(C)=C1CC. The minimum atomic E-state index is -1.44. The minimum absolute atomic E-state index is 0.00428. The van der Waals surface area contributed by atoms with E-state index < -0.39 is 17.9 Å². The van der Waals surface area contributed by atoms with E-state index in [0.717, 1.165) is 40.9 Å².